The third-order valence-electron chi connectivity index (χ3n) is 6.56. The lowest BCUT2D eigenvalue weighted by atomic mass is 9.91. The number of nitrogens with zero attached hydrogens (tertiary/aromatic N) is 4. The molecule has 1 saturated heterocycles. The highest BCUT2D eigenvalue weighted by Gasteiger charge is 2.25. The predicted molar refractivity (Wildman–Crippen MR) is 126 cm³/mol. The molecule has 0 unspecified atom stereocenters. The summed E-state index contributed by atoms with van der Waals surface area (Å²) < 4.78 is 1.82. The monoisotopic (exact) mass is 427 g/mol. The van der Waals surface area contributed by atoms with Crippen LogP contribution in [-0.4, -0.2) is 43.6 Å². The number of piperidine rings is 1. The van der Waals surface area contributed by atoms with E-state index < -0.39 is 0 Å². The van der Waals surface area contributed by atoms with Crippen LogP contribution in [0.15, 0.2) is 55.0 Å². The van der Waals surface area contributed by atoms with Crippen molar-refractivity contribution in [2.45, 2.75) is 38.5 Å². The number of para-hydroxylation sites is 1. The Kier molecular flexibility index (Phi) is 5.52. The highest BCUT2D eigenvalue weighted by Crippen LogP contribution is 2.30. The number of likely N-dealkylation sites (tertiary alicyclic amines) is 1. The van der Waals surface area contributed by atoms with Crippen LogP contribution in [0.3, 0.4) is 0 Å². The van der Waals surface area contributed by atoms with E-state index in [2.05, 4.69) is 34.3 Å². The number of nitrogens with one attached hydrogen (secondary N) is 1. The predicted octanol–water partition coefficient (Wildman–Crippen LogP) is 4.61. The normalized spacial score (nSPS) is 14.9. The maximum atomic E-state index is 12.9. The van der Waals surface area contributed by atoms with Crippen molar-refractivity contribution < 1.29 is 4.79 Å². The second kappa shape index (κ2) is 8.61. The Labute approximate surface area is 188 Å². The fourth-order valence-electron chi connectivity index (χ4n) is 4.80. The Morgan fingerprint density at radius 2 is 1.97 bits per heavy atom. The van der Waals surface area contributed by atoms with Crippen LogP contribution < -0.4 is 0 Å². The van der Waals surface area contributed by atoms with E-state index in [-0.39, 0.29) is 5.91 Å². The fraction of sp³-hybridized carbons (Fsp3) is 0.346. The molecule has 4 heterocycles. The highest BCUT2D eigenvalue weighted by molar-refractivity contribution is 5.84. The largest absolute Gasteiger partial charge is 0.361 e. The van der Waals surface area contributed by atoms with Crippen LogP contribution in [0.5, 0.6) is 0 Å². The summed E-state index contributed by atoms with van der Waals surface area (Å²) in [5.41, 5.74) is 6.79. The molecule has 0 bridgehead atoms. The van der Waals surface area contributed by atoms with E-state index in [1.165, 1.54) is 10.9 Å². The standard InChI is InChI=1S/C26H29N5O/c1-18-13-21(22-16-28-30(2)17-22)14-25(29-18)19-9-11-31(12-10-19)26(32)8-7-20-15-27-24-6-4-3-5-23(20)24/h3-6,13-17,19,27H,7-12H2,1-2H3. The number of aromatic amines is 1. The van der Waals surface area contributed by atoms with Crippen LogP contribution in [0, 0.1) is 6.92 Å². The van der Waals surface area contributed by atoms with Gasteiger partial charge in [-0.05, 0) is 55.5 Å². The van der Waals surface area contributed by atoms with E-state index in [1.54, 1.807) is 0 Å². The van der Waals surface area contributed by atoms with E-state index >= 15 is 0 Å². The van der Waals surface area contributed by atoms with Crippen LogP contribution in [0.1, 0.15) is 42.1 Å². The van der Waals surface area contributed by atoms with Gasteiger partial charge in [-0.3, -0.25) is 14.5 Å². The Hall–Kier alpha value is -3.41. The molecule has 5 rings (SSSR count). The average Bonchev–Trinajstić information content (AvgIpc) is 3.43. The SMILES string of the molecule is Cc1cc(-c2cnn(C)c2)cc(C2CCN(C(=O)CCc3c[nH]c4ccccc34)CC2)n1. The summed E-state index contributed by atoms with van der Waals surface area (Å²) in [6, 6.07) is 12.6. The number of carbonyl (C=O) groups is 1. The molecule has 0 spiro atoms. The van der Waals surface area contributed by atoms with Gasteiger partial charge in [0.15, 0.2) is 0 Å². The first-order chi connectivity index (χ1) is 15.6. The van der Waals surface area contributed by atoms with Crippen molar-refractivity contribution in [2.75, 3.05) is 13.1 Å². The number of aromatic nitrogens is 4. The van der Waals surface area contributed by atoms with Gasteiger partial charge in [-0.25, -0.2) is 0 Å². The first-order valence-corrected chi connectivity index (χ1v) is 11.4. The molecular formula is C26H29N5O. The maximum Gasteiger partial charge on any atom is 0.222 e. The quantitative estimate of drug-likeness (QED) is 0.506. The molecule has 0 atom stereocenters. The number of pyridine rings is 1. The minimum absolute atomic E-state index is 0.252. The van der Waals surface area contributed by atoms with Gasteiger partial charge in [0.25, 0.3) is 0 Å². The van der Waals surface area contributed by atoms with Gasteiger partial charge in [0.05, 0.1) is 6.20 Å². The number of rotatable bonds is 5. The summed E-state index contributed by atoms with van der Waals surface area (Å²) in [4.78, 5) is 23.0. The third kappa shape index (κ3) is 4.17. The number of carbonyl (C=O) groups excluding carboxylic acids is 1. The van der Waals surface area contributed by atoms with E-state index in [1.807, 2.05) is 54.3 Å². The zero-order valence-electron chi connectivity index (χ0n) is 18.7. The molecule has 164 valence electrons. The highest BCUT2D eigenvalue weighted by atomic mass is 16.2. The van der Waals surface area contributed by atoms with E-state index in [9.17, 15) is 4.79 Å². The summed E-state index contributed by atoms with van der Waals surface area (Å²) in [5, 5.41) is 5.51. The van der Waals surface area contributed by atoms with Crippen LogP contribution in [-0.2, 0) is 18.3 Å². The number of benzene rings is 1. The molecule has 1 amide bonds. The zero-order chi connectivity index (χ0) is 22.1. The van der Waals surface area contributed by atoms with Gasteiger partial charge >= 0.3 is 0 Å². The lowest BCUT2D eigenvalue weighted by molar-refractivity contribution is -0.132. The Morgan fingerprint density at radius 3 is 2.75 bits per heavy atom. The van der Waals surface area contributed by atoms with Gasteiger partial charge in [0.2, 0.25) is 5.91 Å². The van der Waals surface area contributed by atoms with E-state index in [4.69, 9.17) is 4.98 Å². The van der Waals surface area contributed by atoms with Crippen molar-refractivity contribution in [3.63, 3.8) is 0 Å². The minimum Gasteiger partial charge on any atom is -0.361 e. The number of H-pyrrole nitrogens is 1. The zero-order valence-corrected chi connectivity index (χ0v) is 18.7. The van der Waals surface area contributed by atoms with Crippen molar-refractivity contribution in [1.82, 2.24) is 24.6 Å². The van der Waals surface area contributed by atoms with Gasteiger partial charge in [-0.15, -0.1) is 0 Å². The minimum atomic E-state index is 0.252. The summed E-state index contributed by atoms with van der Waals surface area (Å²) in [6.07, 6.45) is 9.22. The molecule has 0 saturated carbocycles. The van der Waals surface area contributed by atoms with Crippen molar-refractivity contribution in [1.29, 1.82) is 0 Å². The Bertz CT molecular complexity index is 1250. The smallest absolute Gasteiger partial charge is 0.222 e. The molecule has 0 aliphatic carbocycles. The first-order valence-electron chi connectivity index (χ1n) is 11.4. The molecule has 32 heavy (non-hydrogen) atoms. The molecule has 1 aliphatic rings. The first kappa shape index (κ1) is 20.5. The van der Waals surface area contributed by atoms with Gasteiger partial charge in [0, 0.05) is 72.7 Å². The topological polar surface area (TPSA) is 66.8 Å². The van der Waals surface area contributed by atoms with Gasteiger partial charge in [-0.2, -0.15) is 5.10 Å². The summed E-state index contributed by atoms with van der Waals surface area (Å²) >= 11 is 0. The van der Waals surface area contributed by atoms with Gasteiger partial charge < -0.3 is 9.88 Å². The number of hydrogen-bond donors (Lipinski definition) is 1. The molecule has 1 N–H and O–H groups in total. The fourth-order valence-corrected chi connectivity index (χ4v) is 4.80. The van der Waals surface area contributed by atoms with Crippen LogP contribution in [0.2, 0.25) is 0 Å². The summed E-state index contributed by atoms with van der Waals surface area (Å²) in [5.74, 6) is 0.643. The maximum absolute atomic E-state index is 12.9. The second-order valence-corrected chi connectivity index (χ2v) is 8.84. The molecule has 6 heteroatoms. The average molecular weight is 428 g/mol. The third-order valence-corrected chi connectivity index (χ3v) is 6.56. The number of fused-ring (bicyclic) bond motifs is 1. The Balaban J connectivity index is 1.20. The lowest BCUT2D eigenvalue weighted by Gasteiger charge is -2.32. The second-order valence-electron chi connectivity index (χ2n) is 8.84. The van der Waals surface area contributed by atoms with Crippen LogP contribution in [0.4, 0.5) is 0 Å². The molecule has 4 aromatic rings. The molecule has 1 aromatic carbocycles. The number of amides is 1. The van der Waals surface area contributed by atoms with Crippen molar-refractivity contribution in [3.05, 3.63) is 71.9 Å². The van der Waals surface area contributed by atoms with E-state index in [0.717, 1.165) is 60.4 Å². The molecule has 0 radical (unpaired) electrons. The molecule has 3 aromatic heterocycles. The molecular weight excluding hydrogens is 398 g/mol. The van der Waals surface area contributed by atoms with Crippen molar-refractivity contribution in [3.8, 4) is 11.1 Å². The molecule has 1 aliphatic heterocycles. The lowest BCUT2D eigenvalue weighted by Crippen LogP contribution is -2.38. The van der Waals surface area contributed by atoms with Gasteiger partial charge in [0.1, 0.15) is 0 Å². The van der Waals surface area contributed by atoms with E-state index in [0.29, 0.717) is 12.3 Å². The summed E-state index contributed by atoms with van der Waals surface area (Å²) in [6.45, 7) is 3.65. The van der Waals surface area contributed by atoms with Crippen LogP contribution >= 0.6 is 0 Å². The molecule has 1 fully saturated rings. The Morgan fingerprint density at radius 1 is 1.16 bits per heavy atom. The number of hydrogen-bond acceptors (Lipinski definition) is 3. The molecule has 6 nitrogen and oxygen atoms in total. The van der Waals surface area contributed by atoms with Crippen LogP contribution in [0.25, 0.3) is 22.0 Å². The van der Waals surface area contributed by atoms with Crippen molar-refractivity contribution >= 4 is 16.8 Å². The number of aryl methyl sites for hydroxylation is 3. The van der Waals surface area contributed by atoms with Gasteiger partial charge in [-0.1, -0.05) is 18.2 Å². The van der Waals surface area contributed by atoms with Crippen molar-refractivity contribution in [2.24, 2.45) is 7.05 Å². The summed E-state index contributed by atoms with van der Waals surface area (Å²) in [7, 11) is 1.93.